The monoisotopic (exact) mass is 396 g/mol. The molecule has 1 amide bonds. The predicted octanol–water partition coefficient (Wildman–Crippen LogP) is 4.10. The SMILES string of the molecule is Cc1nn(CCCNC(=O)c2cc(-c3ccc(F)c(F)c3)on2)c2ccccc12. The minimum absolute atomic E-state index is 0.0742. The molecule has 0 unspecified atom stereocenters. The normalized spacial score (nSPS) is 11.1. The number of rotatable bonds is 6. The molecule has 8 heteroatoms. The van der Waals surface area contributed by atoms with Crippen LogP contribution in [0.25, 0.3) is 22.2 Å². The van der Waals surface area contributed by atoms with E-state index in [1.807, 2.05) is 35.9 Å². The lowest BCUT2D eigenvalue weighted by Gasteiger charge is -2.05. The topological polar surface area (TPSA) is 73.0 Å². The van der Waals surface area contributed by atoms with Crippen LogP contribution < -0.4 is 5.32 Å². The van der Waals surface area contributed by atoms with Crippen LogP contribution in [0.3, 0.4) is 0 Å². The van der Waals surface area contributed by atoms with Crippen LogP contribution in [-0.2, 0) is 6.54 Å². The fraction of sp³-hybridized carbons (Fsp3) is 0.190. The third-order valence-electron chi connectivity index (χ3n) is 4.62. The molecule has 148 valence electrons. The van der Waals surface area contributed by atoms with Crippen molar-refractivity contribution in [2.75, 3.05) is 6.54 Å². The van der Waals surface area contributed by atoms with Gasteiger partial charge >= 0.3 is 0 Å². The lowest BCUT2D eigenvalue weighted by Crippen LogP contribution is -2.25. The maximum absolute atomic E-state index is 13.4. The summed E-state index contributed by atoms with van der Waals surface area (Å²) in [4.78, 5) is 12.2. The fourth-order valence-corrected chi connectivity index (χ4v) is 3.15. The van der Waals surface area contributed by atoms with Crippen LogP contribution >= 0.6 is 0 Å². The maximum atomic E-state index is 13.4. The maximum Gasteiger partial charge on any atom is 0.273 e. The summed E-state index contributed by atoms with van der Waals surface area (Å²) in [5.74, 6) is -2.16. The highest BCUT2D eigenvalue weighted by Crippen LogP contribution is 2.22. The third-order valence-corrected chi connectivity index (χ3v) is 4.62. The number of benzene rings is 2. The van der Waals surface area contributed by atoms with E-state index in [1.165, 1.54) is 12.1 Å². The van der Waals surface area contributed by atoms with Gasteiger partial charge in [-0.1, -0.05) is 23.4 Å². The average molecular weight is 396 g/mol. The molecule has 0 radical (unpaired) electrons. The highest BCUT2D eigenvalue weighted by molar-refractivity contribution is 5.93. The van der Waals surface area contributed by atoms with Crippen molar-refractivity contribution < 1.29 is 18.1 Å². The molecule has 0 atom stereocenters. The zero-order valence-corrected chi connectivity index (χ0v) is 15.7. The van der Waals surface area contributed by atoms with E-state index in [9.17, 15) is 13.6 Å². The lowest BCUT2D eigenvalue weighted by molar-refractivity contribution is 0.0943. The minimum atomic E-state index is -0.994. The number of nitrogens with zero attached hydrogens (tertiary/aromatic N) is 3. The van der Waals surface area contributed by atoms with E-state index in [0.29, 0.717) is 25.1 Å². The number of carbonyl (C=O) groups is 1. The van der Waals surface area contributed by atoms with Gasteiger partial charge in [0.1, 0.15) is 0 Å². The molecule has 2 aromatic carbocycles. The van der Waals surface area contributed by atoms with Crippen molar-refractivity contribution in [3.63, 3.8) is 0 Å². The summed E-state index contributed by atoms with van der Waals surface area (Å²) in [6.07, 6.45) is 0.685. The lowest BCUT2D eigenvalue weighted by atomic mass is 10.1. The number of hydrogen-bond acceptors (Lipinski definition) is 4. The van der Waals surface area contributed by atoms with Crippen molar-refractivity contribution in [1.29, 1.82) is 0 Å². The molecule has 0 bridgehead atoms. The summed E-state index contributed by atoms with van der Waals surface area (Å²) in [6.45, 7) is 3.06. The van der Waals surface area contributed by atoms with Gasteiger partial charge in [0.15, 0.2) is 23.1 Å². The van der Waals surface area contributed by atoms with Gasteiger partial charge < -0.3 is 9.84 Å². The molecule has 4 aromatic rings. The van der Waals surface area contributed by atoms with Gasteiger partial charge in [0.25, 0.3) is 5.91 Å². The molecule has 6 nitrogen and oxygen atoms in total. The van der Waals surface area contributed by atoms with E-state index < -0.39 is 17.5 Å². The number of halogens is 2. The molecule has 0 aliphatic rings. The zero-order chi connectivity index (χ0) is 20.4. The van der Waals surface area contributed by atoms with Gasteiger partial charge in [-0.3, -0.25) is 9.48 Å². The molecule has 0 saturated carbocycles. The summed E-state index contributed by atoms with van der Waals surface area (Å²) in [5.41, 5.74) is 2.41. The Bertz CT molecular complexity index is 1180. The van der Waals surface area contributed by atoms with Gasteiger partial charge in [0.2, 0.25) is 0 Å². The Morgan fingerprint density at radius 2 is 1.97 bits per heavy atom. The second-order valence-corrected chi connectivity index (χ2v) is 6.64. The van der Waals surface area contributed by atoms with Crippen molar-refractivity contribution in [2.45, 2.75) is 19.9 Å². The number of para-hydroxylation sites is 1. The van der Waals surface area contributed by atoms with E-state index in [-0.39, 0.29) is 11.5 Å². The molecule has 2 heterocycles. The molecule has 0 aliphatic carbocycles. The first kappa shape index (κ1) is 18.8. The first-order valence-electron chi connectivity index (χ1n) is 9.15. The molecule has 1 N–H and O–H groups in total. The van der Waals surface area contributed by atoms with Crippen LogP contribution in [0.1, 0.15) is 22.6 Å². The molecule has 0 saturated heterocycles. The quantitative estimate of drug-likeness (QED) is 0.498. The number of amides is 1. The number of hydrogen-bond donors (Lipinski definition) is 1. The van der Waals surface area contributed by atoms with E-state index in [4.69, 9.17) is 4.52 Å². The van der Waals surface area contributed by atoms with Crippen molar-refractivity contribution in [2.24, 2.45) is 0 Å². The van der Waals surface area contributed by atoms with Gasteiger partial charge in [-0.25, -0.2) is 8.78 Å². The van der Waals surface area contributed by atoms with Crippen LogP contribution in [0.5, 0.6) is 0 Å². The molecular formula is C21H18F2N4O2. The van der Waals surface area contributed by atoms with Gasteiger partial charge in [0, 0.05) is 30.1 Å². The Hall–Kier alpha value is -3.55. The van der Waals surface area contributed by atoms with E-state index in [2.05, 4.69) is 15.6 Å². The molecule has 2 aromatic heterocycles. The van der Waals surface area contributed by atoms with Crippen LogP contribution in [0, 0.1) is 18.6 Å². The highest BCUT2D eigenvalue weighted by Gasteiger charge is 2.15. The first-order valence-corrected chi connectivity index (χ1v) is 9.15. The van der Waals surface area contributed by atoms with Gasteiger partial charge in [0.05, 0.1) is 11.2 Å². The molecule has 0 fully saturated rings. The smallest absolute Gasteiger partial charge is 0.273 e. The number of aromatic nitrogens is 3. The number of fused-ring (bicyclic) bond motifs is 1. The average Bonchev–Trinajstić information content (AvgIpc) is 3.33. The second kappa shape index (κ2) is 7.83. The molecular weight excluding hydrogens is 378 g/mol. The Kier molecular flexibility index (Phi) is 5.07. The van der Waals surface area contributed by atoms with Crippen LogP contribution in [0.4, 0.5) is 8.78 Å². The van der Waals surface area contributed by atoms with Gasteiger partial charge in [-0.05, 0) is 37.6 Å². The summed E-state index contributed by atoms with van der Waals surface area (Å²) in [5, 5.41) is 12.1. The summed E-state index contributed by atoms with van der Waals surface area (Å²) in [6, 6.07) is 12.7. The van der Waals surface area contributed by atoms with Crippen LogP contribution in [0.2, 0.25) is 0 Å². The first-order chi connectivity index (χ1) is 14.0. The zero-order valence-electron chi connectivity index (χ0n) is 15.7. The highest BCUT2D eigenvalue weighted by atomic mass is 19.2. The Labute approximate surface area is 165 Å². The third kappa shape index (κ3) is 3.87. The van der Waals surface area contributed by atoms with Crippen molar-refractivity contribution in [1.82, 2.24) is 20.3 Å². The fourth-order valence-electron chi connectivity index (χ4n) is 3.15. The summed E-state index contributed by atoms with van der Waals surface area (Å²) in [7, 11) is 0. The largest absolute Gasteiger partial charge is 0.355 e. The Balaban J connectivity index is 1.34. The van der Waals surface area contributed by atoms with E-state index in [0.717, 1.165) is 28.7 Å². The molecule has 0 aliphatic heterocycles. The molecule has 0 spiro atoms. The molecule has 29 heavy (non-hydrogen) atoms. The Morgan fingerprint density at radius 3 is 2.79 bits per heavy atom. The van der Waals surface area contributed by atoms with Gasteiger partial charge in [-0.2, -0.15) is 5.10 Å². The van der Waals surface area contributed by atoms with E-state index in [1.54, 1.807) is 0 Å². The second-order valence-electron chi connectivity index (χ2n) is 6.64. The van der Waals surface area contributed by atoms with Crippen LogP contribution in [-0.4, -0.2) is 27.4 Å². The summed E-state index contributed by atoms with van der Waals surface area (Å²) < 4.78 is 33.4. The number of nitrogens with one attached hydrogen (secondary N) is 1. The standard InChI is InChI=1S/C21H18F2N4O2/c1-13-15-5-2-3-6-19(15)27(25-13)10-4-9-24-21(28)18-12-20(29-26-18)14-7-8-16(22)17(23)11-14/h2-3,5-8,11-12H,4,9-10H2,1H3,(H,24,28). The minimum Gasteiger partial charge on any atom is -0.355 e. The summed E-state index contributed by atoms with van der Waals surface area (Å²) >= 11 is 0. The molecule has 4 rings (SSSR count). The van der Waals surface area contributed by atoms with Crippen molar-refractivity contribution >= 4 is 16.8 Å². The van der Waals surface area contributed by atoms with E-state index >= 15 is 0 Å². The number of aryl methyl sites for hydroxylation is 2. The number of carbonyl (C=O) groups excluding carboxylic acids is 1. The predicted molar refractivity (Wildman–Crippen MR) is 103 cm³/mol. The van der Waals surface area contributed by atoms with Crippen molar-refractivity contribution in [3.05, 3.63) is 71.6 Å². The Morgan fingerprint density at radius 1 is 1.14 bits per heavy atom. The van der Waals surface area contributed by atoms with Gasteiger partial charge in [-0.15, -0.1) is 0 Å². The van der Waals surface area contributed by atoms with Crippen LogP contribution in [0.15, 0.2) is 53.1 Å². The van der Waals surface area contributed by atoms with Crippen molar-refractivity contribution in [3.8, 4) is 11.3 Å².